The van der Waals surface area contributed by atoms with Crippen molar-refractivity contribution in [3.63, 3.8) is 0 Å². The molecular weight excluding hydrogens is 336 g/mol. The summed E-state index contributed by atoms with van der Waals surface area (Å²) in [5.41, 5.74) is 4.91. The summed E-state index contributed by atoms with van der Waals surface area (Å²) in [4.78, 5) is 17.8. The minimum Gasteiger partial charge on any atom is -0.292 e. The number of nitrogens with zero attached hydrogens (tertiary/aromatic N) is 4. The van der Waals surface area contributed by atoms with E-state index in [4.69, 9.17) is 4.98 Å². The van der Waals surface area contributed by atoms with Gasteiger partial charge in [0.05, 0.1) is 11.9 Å². The smallest absolute Gasteiger partial charge is 0.264 e. The van der Waals surface area contributed by atoms with Crippen LogP contribution in [0.1, 0.15) is 23.4 Å². The minimum atomic E-state index is -0.0236. The van der Waals surface area contributed by atoms with Gasteiger partial charge in [0.1, 0.15) is 11.2 Å². The van der Waals surface area contributed by atoms with E-state index in [0.29, 0.717) is 17.6 Å². The lowest BCUT2D eigenvalue weighted by Crippen LogP contribution is -2.20. The Bertz CT molecular complexity index is 1230. The summed E-state index contributed by atoms with van der Waals surface area (Å²) in [5.74, 6) is 0.741. The molecule has 0 N–H and O–H groups in total. The van der Waals surface area contributed by atoms with Crippen LogP contribution in [0, 0.1) is 6.92 Å². The van der Waals surface area contributed by atoms with E-state index in [1.807, 2.05) is 30.3 Å². The molecule has 5 rings (SSSR count). The molecule has 1 aliphatic rings. The van der Waals surface area contributed by atoms with Crippen LogP contribution in [-0.2, 0) is 6.54 Å². The van der Waals surface area contributed by atoms with Crippen molar-refractivity contribution in [3.8, 4) is 5.69 Å². The monoisotopic (exact) mass is 354 g/mol. The highest BCUT2D eigenvalue weighted by Gasteiger charge is 2.23. The zero-order valence-electron chi connectivity index (χ0n) is 15.0. The summed E-state index contributed by atoms with van der Waals surface area (Å²) in [6, 6.07) is 18.1. The summed E-state index contributed by atoms with van der Waals surface area (Å²) in [6.07, 6.45) is 4.55. The SMILES string of the molecule is Cc1ccc(/C=C2\CCn3c2nc2c(cnn2-c2ccccc2)c3=O)cc1. The van der Waals surface area contributed by atoms with E-state index in [-0.39, 0.29) is 5.56 Å². The molecule has 4 aromatic rings. The molecule has 5 nitrogen and oxygen atoms in total. The van der Waals surface area contributed by atoms with Gasteiger partial charge in [0.25, 0.3) is 5.56 Å². The van der Waals surface area contributed by atoms with Crippen LogP contribution in [0.15, 0.2) is 65.6 Å². The third kappa shape index (κ3) is 2.59. The van der Waals surface area contributed by atoms with Gasteiger partial charge in [0.15, 0.2) is 5.65 Å². The standard InChI is InChI=1S/C22H18N4O/c1-15-7-9-16(10-8-15)13-17-11-12-25-20(17)24-21-19(22(25)27)14-23-26(21)18-5-3-2-4-6-18/h2-10,13-14H,11-12H2,1H3/b17-13+. The average molecular weight is 354 g/mol. The zero-order chi connectivity index (χ0) is 18.4. The second-order valence-electron chi connectivity index (χ2n) is 6.85. The first-order valence-electron chi connectivity index (χ1n) is 9.02. The zero-order valence-corrected chi connectivity index (χ0v) is 15.0. The number of benzene rings is 2. The molecule has 0 saturated carbocycles. The summed E-state index contributed by atoms with van der Waals surface area (Å²) in [7, 11) is 0. The van der Waals surface area contributed by atoms with E-state index >= 15 is 0 Å². The lowest BCUT2D eigenvalue weighted by Gasteiger charge is -2.06. The van der Waals surface area contributed by atoms with Gasteiger partial charge in [-0.25, -0.2) is 9.67 Å². The normalized spacial score (nSPS) is 14.8. The molecule has 132 valence electrons. The summed E-state index contributed by atoms with van der Waals surface area (Å²) in [6.45, 7) is 2.73. The van der Waals surface area contributed by atoms with Crippen LogP contribution < -0.4 is 5.56 Å². The Balaban J connectivity index is 1.69. The minimum absolute atomic E-state index is 0.0236. The number of hydrogen-bond donors (Lipinski definition) is 0. The summed E-state index contributed by atoms with van der Waals surface area (Å²) in [5, 5.41) is 4.96. The number of fused-ring (bicyclic) bond motifs is 2. The van der Waals surface area contributed by atoms with Crippen molar-refractivity contribution < 1.29 is 0 Å². The second kappa shape index (κ2) is 6.06. The molecule has 27 heavy (non-hydrogen) atoms. The Kier molecular flexibility index (Phi) is 3.53. The number of allylic oxidation sites excluding steroid dienone is 1. The van der Waals surface area contributed by atoms with Gasteiger partial charge in [-0.15, -0.1) is 0 Å². The van der Waals surface area contributed by atoms with Crippen LogP contribution in [0.4, 0.5) is 0 Å². The van der Waals surface area contributed by atoms with Crippen LogP contribution in [-0.4, -0.2) is 19.3 Å². The fourth-order valence-corrected chi connectivity index (χ4v) is 3.56. The highest BCUT2D eigenvalue weighted by molar-refractivity contribution is 5.84. The third-order valence-corrected chi connectivity index (χ3v) is 5.00. The van der Waals surface area contributed by atoms with Crippen molar-refractivity contribution in [1.82, 2.24) is 19.3 Å². The number of para-hydroxylation sites is 1. The molecule has 5 heteroatoms. The molecule has 0 saturated heterocycles. The number of aromatic nitrogens is 4. The molecule has 0 spiro atoms. The van der Waals surface area contributed by atoms with Crippen molar-refractivity contribution in [3.05, 3.63) is 88.1 Å². The number of rotatable bonds is 2. The van der Waals surface area contributed by atoms with Gasteiger partial charge in [-0.05, 0) is 42.7 Å². The van der Waals surface area contributed by atoms with E-state index in [1.54, 1.807) is 15.4 Å². The fourth-order valence-electron chi connectivity index (χ4n) is 3.56. The fraction of sp³-hybridized carbons (Fsp3) is 0.136. The Morgan fingerprint density at radius 2 is 1.81 bits per heavy atom. The average Bonchev–Trinajstić information content (AvgIpc) is 3.30. The van der Waals surface area contributed by atoms with Crippen molar-refractivity contribution in [2.45, 2.75) is 19.9 Å². The molecule has 0 aliphatic carbocycles. The summed E-state index contributed by atoms with van der Waals surface area (Å²) < 4.78 is 3.50. The van der Waals surface area contributed by atoms with Crippen LogP contribution in [0.2, 0.25) is 0 Å². The first kappa shape index (κ1) is 15.8. The topological polar surface area (TPSA) is 52.7 Å². The van der Waals surface area contributed by atoms with Crippen molar-refractivity contribution in [1.29, 1.82) is 0 Å². The molecule has 2 aromatic carbocycles. The quantitative estimate of drug-likeness (QED) is 0.550. The molecule has 2 aromatic heterocycles. The highest BCUT2D eigenvalue weighted by atomic mass is 16.1. The Labute approximate surface area is 156 Å². The molecule has 0 unspecified atom stereocenters. The lowest BCUT2D eigenvalue weighted by molar-refractivity contribution is 0.723. The lowest BCUT2D eigenvalue weighted by atomic mass is 10.1. The summed E-state index contributed by atoms with van der Waals surface area (Å²) >= 11 is 0. The maximum atomic E-state index is 13.0. The van der Waals surface area contributed by atoms with Gasteiger partial charge < -0.3 is 0 Å². The van der Waals surface area contributed by atoms with Crippen LogP contribution in [0.3, 0.4) is 0 Å². The van der Waals surface area contributed by atoms with Gasteiger partial charge in [-0.2, -0.15) is 5.10 Å². The Morgan fingerprint density at radius 3 is 2.59 bits per heavy atom. The molecule has 0 atom stereocenters. The largest absolute Gasteiger partial charge is 0.292 e. The van der Waals surface area contributed by atoms with E-state index in [9.17, 15) is 4.79 Å². The van der Waals surface area contributed by atoms with E-state index < -0.39 is 0 Å². The van der Waals surface area contributed by atoms with Crippen LogP contribution >= 0.6 is 0 Å². The van der Waals surface area contributed by atoms with E-state index in [0.717, 1.165) is 29.1 Å². The maximum absolute atomic E-state index is 13.0. The first-order chi connectivity index (χ1) is 13.2. The van der Waals surface area contributed by atoms with Gasteiger partial charge in [0.2, 0.25) is 0 Å². The molecule has 0 fully saturated rings. The molecule has 1 aliphatic heterocycles. The molecule has 3 heterocycles. The van der Waals surface area contributed by atoms with Crippen molar-refractivity contribution >= 4 is 22.7 Å². The van der Waals surface area contributed by atoms with Crippen molar-refractivity contribution in [2.75, 3.05) is 0 Å². The van der Waals surface area contributed by atoms with Gasteiger partial charge in [-0.1, -0.05) is 48.0 Å². The van der Waals surface area contributed by atoms with Crippen LogP contribution in [0.5, 0.6) is 0 Å². The predicted octanol–water partition coefficient (Wildman–Crippen LogP) is 3.83. The second-order valence-corrected chi connectivity index (χ2v) is 6.85. The Morgan fingerprint density at radius 1 is 1.04 bits per heavy atom. The Hall–Kier alpha value is -3.47. The van der Waals surface area contributed by atoms with Gasteiger partial charge >= 0.3 is 0 Å². The van der Waals surface area contributed by atoms with E-state index in [1.165, 1.54) is 5.56 Å². The first-order valence-corrected chi connectivity index (χ1v) is 9.02. The third-order valence-electron chi connectivity index (χ3n) is 5.00. The highest BCUT2D eigenvalue weighted by Crippen LogP contribution is 2.28. The van der Waals surface area contributed by atoms with Gasteiger partial charge in [-0.3, -0.25) is 9.36 Å². The molecular formula is C22H18N4O. The number of hydrogen-bond acceptors (Lipinski definition) is 3. The molecule has 0 amide bonds. The molecule has 0 bridgehead atoms. The van der Waals surface area contributed by atoms with Gasteiger partial charge in [0, 0.05) is 6.54 Å². The maximum Gasteiger partial charge on any atom is 0.264 e. The van der Waals surface area contributed by atoms with E-state index in [2.05, 4.69) is 42.4 Å². The van der Waals surface area contributed by atoms with Crippen molar-refractivity contribution in [2.24, 2.45) is 0 Å². The molecule has 0 radical (unpaired) electrons. The van der Waals surface area contributed by atoms with Crippen LogP contribution in [0.25, 0.3) is 28.4 Å². The predicted molar refractivity (Wildman–Crippen MR) is 107 cm³/mol. The number of aryl methyl sites for hydroxylation is 1.